The zero-order valence-electron chi connectivity index (χ0n) is 9.95. The van der Waals surface area contributed by atoms with Crippen molar-refractivity contribution < 1.29 is 4.74 Å². The van der Waals surface area contributed by atoms with Crippen LogP contribution in [-0.2, 0) is 4.74 Å². The van der Waals surface area contributed by atoms with Crippen LogP contribution in [0.4, 0.5) is 0 Å². The Morgan fingerprint density at radius 2 is 2.07 bits per heavy atom. The number of thiol groups is 1. The quantitative estimate of drug-likeness (QED) is 0.557. The van der Waals surface area contributed by atoms with Gasteiger partial charge < -0.3 is 9.64 Å². The van der Waals surface area contributed by atoms with E-state index in [0.29, 0.717) is 6.10 Å². The molecule has 0 aromatic heterocycles. The highest BCUT2D eigenvalue weighted by molar-refractivity contribution is 7.80. The van der Waals surface area contributed by atoms with Crippen LogP contribution in [0, 0.1) is 0 Å². The first-order valence-electron chi connectivity index (χ1n) is 6.27. The Balaban J connectivity index is 2.03. The SMILES string of the molecule is CC1CN(CCCCCCS)CCCO1. The summed E-state index contributed by atoms with van der Waals surface area (Å²) in [5.41, 5.74) is 0. The zero-order chi connectivity index (χ0) is 10.9. The minimum atomic E-state index is 0.421. The zero-order valence-corrected chi connectivity index (χ0v) is 10.8. The molecular formula is C12H25NOS. The molecule has 1 saturated heterocycles. The Hall–Kier alpha value is 0.270. The van der Waals surface area contributed by atoms with Gasteiger partial charge in [0.1, 0.15) is 0 Å². The van der Waals surface area contributed by atoms with Crippen LogP contribution in [-0.4, -0.2) is 43.0 Å². The molecule has 0 aromatic carbocycles. The Kier molecular flexibility index (Phi) is 7.49. The maximum atomic E-state index is 5.63. The van der Waals surface area contributed by atoms with Gasteiger partial charge in [-0.05, 0) is 38.5 Å². The van der Waals surface area contributed by atoms with Crippen LogP contribution in [0.5, 0.6) is 0 Å². The van der Waals surface area contributed by atoms with Crippen molar-refractivity contribution in [1.82, 2.24) is 4.90 Å². The first kappa shape index (κ1) is 13.3. The summed E-state index contributed by atoms with van der Waals surface area (Å²) in [5, 5.41) is 0. The molecule has 1 unspecified atom stereocenters. The average Bonchev–Trinajstić information content (AvgIpc) is 2.43. The van der Waals surface area contributed by atoms with Crippen molar-refractivity contribution >= 4 is 12.6 Å². The van der Waals surface area contributed by atoms with Gasteiger partial charge in [0, 0.05) is 19.7 Å². The highest BCUT2D eigenvalue weighted by Gasteiger charge is 2.13. The van der Waals surface area contributed by atoms with E-state index in [4.69, 9.17) is 4.74 Å². The van der Waals surface area contributed by atoms with Crippen molar-refractivity contribution in [1.29, 1.82) is 0 Å². The van der Waals surface area contributed by atoms with Crippen molar-refractivity contribution in [3.63, 3.8) is 0 Å². The lowest BCUT2D eigenvalue weighted by atomic mass is 10.2. The molecule has 1 rings (SSSR count). The van der Waals surface area contributed by atoms with Crippen LogP contribution in [0.15, 0.2) is 0 Å². The summed E-state index contributed by atoms with van der Waals surface area (Å²) in [6.45, 7) is 6.71. The maximum absolute atomic E-state index is 5.63. The van der Waals surface area contributed by atoms with Crippen molar-refractivity contribution in [3.05, 3.63) is 0 Å². The molecule has 90 valence electrons. The molecule has 0 amide bonds. The molecule has 1 atom stereocenters. The Morgan fingerprint density at radius 1 is 1.27 bits per heavy atom. The molecular weight excluding hydrogens is 206 g/mol. The van der Waals surface area contributed by atoms with Gasteiger partial charge in [0.2, 0.25) is 0 Å². The molecule has 0 radical (unpaired) electrons. The summed E-state index contributed by atoms with van der Waals surface area (Å²) >= 11 is 4.22. The van der Waals surface area contributed by atoms with E-state index >= 15 is 0 Å². The Labute approximate surface area is 99.8 Å². The van der Waals surface area contributed by atoms with Gasteiger partial charge in [-0.2, -0.15) is 12.6 Å². The molecule has 3 heteroatoms. The largest absolute Gasteiger partial charge is 0.377 e. The highest BCUT2D eigenvalue weighted by Crippen LogP contribution is 2.08. The molecule has 0 N–H and O–H groups in total. The van der Waals surface area contributed by atoms with Crippen LogP contribution in [0.25, 0.3) is 0 Å². The van der Waals surface area contributed by atoms with E-state index in [1.807, 2.05) is 0 Å². The fourth-order valence-electron chi connectivity index (χ4n) is 2.08. The maximum Gasteiger partial charge on any atom is 0.0673 e. The van der Waals surface area contributed by atoms with E-state index in [1.165, 1.54) is 45.2 Å². The third-order valence-corrected chi connectivity index (χ3v) is 3.24. The van der Waals surface area contributed by atoms with E-state index in [0.717, 1.165) is 18.9 Å². The second-order valence-corrected chi connectivity index (χ2v) is 4.92. The molecule has 0 saturated carbocycles. The summed E-state index contributed by atoms with van der Waals surface area (Å²) in [6.07, 6.45) is 6.91. The fraction of sp³-hybridized carbons (Fsp3) is 1.00. The summed E-state index contributed by atoms with van der Waals surface area (Å²) in [5.74, 6) is 1.04. The fourth-order valence-corrected chi connectivity index (χ4v) is 2.31. The standard InChI is InChI=1S/C12H25NOS/c1-12-11-13(8-6-9-14-12)7-4-2-3-5-10-15/h12,15H,2-11H2,1H3. The Bertz CT molecular complexity index is 155. The topological polar surface area (TPSA) is 12.5 Å². The van der Waals surface area contributed by atoms with Gasteiger partial charge in [-0.25, -0.2) is 0 Å². The normalized spacial score (nSPS) is 24.0. The van der Waals surface area contributed by atoms with Crippen LogP contribution < -0.4 is 0 Å². The average molecular weight is 231 g/mol. The van der Waals surface area contributed by atoms with Gasteiger partial charge in [-0.15, -0.1) is 0 Å². The van der Waals surface area contributed by atoms with Crippen molar-refractivity contribution in [2.24, 2.45) is 0 Å². The van der Waals surface area contributed by atoms with Gasteiger partial charge in [0.25, 0.3) is 0 Å². The first-order valence-corrected chi connectivity index (χ1v) is 6.91. The number of hydrogen-bond donors (Lipinski definition) is 1. The summed E-state index contributed by atoms with van der Waals surface area (Å²) in [4.78, 5) is 2.55. The number of ether oxygens (including phenoxy) is 1. The predicted octanol–water partition coefficient (Wildman–Crippen LogP) is 2.59. The van der Waals surface area contributed by atoms with E-state index < -0.39 is 0 Å². The van der Waals surface area contributed by atoms with Gasteiger partial charge in [-0.3, -0.25) is 0 Å². The lowest BCUT2D eigenvalue weighted by Crippen LogP contribution is -2.31. The summed E-state index contributed by atoms with van der Waals surface area (Å²) in [6, 6.07) is 0. The number of unbranched alkanes of at least 4 members (excludes halogenated alkanes) is 3. The van der Waals surface area contributed by atoms with Crippen molar-refractivity contribution in [2.75, 3.05) is 32.0 Å². The molecule has 1 aliphatic heterocycles. The third kappa shape index (κ3) is 6.44. The lowest BCUT2D eigenvalue weighted by molar-refractivity contribution is 0.0675. The second kappa shape index (κ2) is 8.43. The van der Waals surface area contributed by atoms with Crippen molar-refractivity contribution in [3.8, 4) is 0 Å². The van der Waals surface area contributed by atoms with E-state index in [9.17, 15) is 0 Å². The molecule has 0 aromatic rings. The first-order chi connectivity index (χ1) is 7.33. The van der Waals surface area contributed by atoms with E-state index in [-0.39, 0.29) is 0 Å². The van der Waals surface area contributed by atoms with Gasteiger partial charge in [-0.1, -0.05) is 12.8 Å². The van der Waals surface area contributed by atoms with Crippen LogP contribution in [0.3, 0.4) is 0 Å². The molecule has 0 spiro atoms. The monoisotopic (exact) mass is 231 g/mol. The molecule has 0 bridgehead atoms. The molecule has 0 aliphatic carbocycles. The lowest BCUT2D eigenvalue weighted by Gasteiger charge is -2.21. The number of rotatable bonds is 6. The molecule has 2 nitrogen and oxygen atoms in total. The van der Waals surface area contributed by atoms with Gasteiger partial charge in [0.15, 0.2) is 0 Å². The van der Waals surface area contributed by atoms with Crippen LogP contribution in [0.1, 0.15) is 39.0 Å². The predicted molar refractivity (Wildman–Crippen MR) is 68.8 cm³/mol. The number of nitrogens with zero attached hydrogens (tertiary/aromatic N) is 1. The second-order valence-electron chi connectivity index (χ2n) is 4.47. The van der Waals surface area contributed by atoms with Crippen LogP contribution in [0.2, 0.25) is 0 Å². The van der Waals surface area contributed by atoms with Crippen molar-refractivity contribution in [2.45, 2.75) is 45.1 Å². The van der Waals surface area contributed by atoms with Crippen LogP contribution >= 0.6 is 12.6 Å². The molecule has 1 aliphatic rings. The minimum Gasteiger partial charge on any atom is -0.377 e. The summed E-state index contributed by atoms with van der Waals surface area (Å²) in [7, 11) is 0. The molecule has 1 heterocycles. The van der Waals surface area contributed by atoms with E-state index in [1.54, 1.807) is 0 Å². The molecule has 1 fully saturated rings. The number of hydrogen-bond acceptors (Lipinski definition) is 3. The smallest absolute Gasteiger partial charge is 0.0673 e. The van der Waals surface area contributed by atoms with E-state index in [2.05, 4.69) is 24.5 Å². The minimum absolute atomic E-state index is 0.421. The third-order valence-electron chi connectivity index (χ3n) is 2.92. The Morgan fingerprint density at radius 3 is 2.87 bits per heavy atom. The van der Waals surface area contributed by atoms with Gasteiger partial charge in [0.05, 0.1) is 6.10 Å². The summed E-state index contributed by atoms with van der Waals surface area (Å²) < 4.78 is 5.63. The molecule has 15 heavy (non-hydrogen) atoms. The van der Waals surface area contributed by atoms with Gasteiger partial charge >= 0.3 is 0 Å². The highest BCUT2D eigenvalue weighted by atomic mass is 32.1.